The van der Waals surface area contributed by atoms with Crippen LogP contribution in [0.1, 0.15) is 24.9 Å². The maximum Gasteiger partial charge on any atom is 0.0291 e. The molecule has 0 heterocycles. The number of hydrogen-bond acceptors (Lipinski definition) is 2. The van der Waals surface area contributed by atoms with Gasteiger partial charge in [-0.15, -0.1) is 0 Å². The largest absolute Gasteiger partial charge is 0.310 e. The van der Waals surface area contributed by atoms with Gasteiger partial charge < -0.3 is 5.32 Å². The van der Waals surface area contributed by atoms with Gasteiger partial charge in [-0.3, -0.25) is 4.21 Å². The Morgan fingerprint density at radius 3 is 2.60 bits per heavy atom. The van der Waals surface area contributed by atoms with Crippen molar-refractivity contribution in [2.45, 2.75) is 19.4 Å². The van der Waals surface area contributed by atoms with Crippen molar-refractivity contribution in [3.8, 4) is 0 Å². The van der Waals surface area contributed by atoms with Crippen molar-refractivity contribution in [3.63, 3.8) is 0 Å². The molecule has 1 N–H and O–H groups in total. The van der Waals surface area contributed by atoms with Crippen molar-refractivity contribution in [3.05, 3.63) is 35.9 Å². The average molecular weight is 225 g/mol. The maximum absolute atomic E-state index is 10.8. The van der Waals surface area contributed by atoms with Gasteiger partial charge in [0.25, 0.3) is 0 Å². The quantitative estimate of drug-likeness (QED) is 0.751. The van der Waals surface area contributed by atoms with E-state index in [1.165, 1.54) is 5.56 Å². The Morgan fingerprint density at radius 1 is 1.33 bits per heavy atom. The van der Waals surface area contributed by atoms with Gasteiger partial charge in [-0.1, -0.05) is 30.3 Å². The molecule has 2 nitrogen and oxygen atoms in total. The van der Waals surface area contributed by atoms with Crippen molar-refractivity contribution < 1.29 is 4.21 Å². The highest BCUT2D eigenvalue weighted by atomic mass is 32.2. The molecule has 0 aliphatic carbocycles. The van der Waals surface area contributed by atoms with E-state index in [0.717, 1.165) is 18.7 Å². The molecule has 3 heteroatoms. The van der Waals surface area contributed by atoms with Crippen molar-refractivity contribution in [1.29, 1.82) is 0 Å². The minimum Gasteiger partial charge on any atom is -0.310 e. The summed E-state index contributed by atoms with van der Waals surface area (Å²) in [5, 5.41) is 3.42. The molecule has 0 radical (unpaired) electrons. The van der Waals surface area contributed by atoms with Crippen LogP contribution in [0.15, 0.2) is 30.3 Å². The van der Waals surface area contributed by atoms with E-state index in [1.54, 1.807) is 6.26 Å². The molecule has 0 saturated carbocycles. The van der Waals surface area contributed by atoms with Crippen molar-refractivity contribution in [2.75, 3.05) is 18.6 Å². The molecule has 84 valence electrons. The molecule has 1 aromatic rings. The lowest BCUT2D eigenvalue weighted by atomic mass is 10.1. The first-order valence-electron chi connectivity index (χ1n) is 5.28. The second kappa shape index (κ2) is 6.75. The molecule has 0 spiro atoms. The van der Waals surface area contributed by atoms with Gasteiger partial charge in [0.1, 0.15) is 0 Å². The average Bonchev–Trinajstić information content (AvgIpc) is 2.25. The third-order valence-corrected chi connectivity index (χ3v) is 3.22. The van der Waals surface area contributed by atoms with E-state index in [1.807, 2.05) is 6.07 Å². The fourth-order valence-electron chi connectivity index (χ4n) is 1.45. The van der Waals surface area contributed by atoms with Crippen LogP contribution < -0.4 is 5.32 Å². The van der Waals surface area contributed by atoms with Crippen LogP contribution in [0.3, 0.4) is 0 Å². The van der Waals surface area contributed by atoms with Crippen LogP contribution in [0.4, 0.5) is 0 Å². The Bertz CT molecular complexity index is 300. The SMILES string of the molecule is CC(NCCCS(C)=O)c1ccccc1. The molecule has 0 aliphatic rings. The molecule has 0 fully saturated rings. The number of nitrogens with one attached hydrogen (secondary N) is 1. The van der Waals surface area contributed by atoms with Crippen LogP contribution in [0, 0.1) is 0 Å². The van der Waals surface area contributed by atoms with Crippen LogP contribution >= 0.6 is 0 Å². The lowest BCUT2D eigenvalue weighted by Crippen LogP contribution is -2.21. The molecule has 0 saturated heterocycles. The van der Waals surface area contributed by atoms with Gasteiger partial charge in [0.15, 0.2) is 0 Å². The zero-order chi connectivity index (χ0) is 11.1. The summed E-state index contributed by atoms with van der Waals surface area (Å²) in [6.45, 7) is 3.08. The van der Waals surface area contributed by atoms with Crippen molar-refractivity contribution in [1.82, 2.24) is 5.32 Å². The zero-order valence-electron chi connectivity index (χ0n) is 9.40. The normalized spacial score (nSPS) is 14.8. The predicted molar refractivity (Wildman–Crippen MR) is 66.4 cm³/mol. The highest BCUT2D eigenvalue weighted by molar-refractivity contribution is 7.84. The zero-order valence-corrected chi connectivity index (χ0v) is 10.2. The Balaban J connectivity index is 2.25. The van der Waals surface area contributed by atoms with E-state index < -0.39 is 10.8 Å². The molecular weight excluding hydrogens is 206 g/mol. The summed E-state index contributed by atoms with van der Waals surface area (Å²) < 4.78 is 10.8. The molecule has 15 heavy (non-hydrogen) atoms. The van der Waals surface area contributed by atoms with E-state index in [9.17, 15) is 4.21 Å². The van der Waals surface area contributed by atoms with Gasteiger partial charge in [0.05, 0.1) is 0 Å². The van der Waals surface area contributed by atoms with Crippen LogP contribution in [0.2, 0.25) is 0 Å². The monoisotopic (exact) mass is 225 g/mol. The van der Waals surface area contributed by atoms with E-state index in [4.69, 9.17) is 0 Å². The Morgan fingerprint density at radius 2 is 2.00 bits per heavy atom. The number of hydrogen-bond donors (Lipinski definition) is 1. The summed E-state index contributed by atoms with van der Waals surface area (Å²) in [6.07, 6.45) is 2.72. The molecular formula is C12H19NOS. The number of benzene rings is 1. The second-order valence-corrected chi connectivity index (χ2v) is 5.27. The Kier molecular flexibility index (Phi) is 5.58. The molecule has 0 bridgehead atoms. The van der Waals surface area contributed by atoms with Gasteiger partial charge >= 0.3 is 0 Å². The van der Waals surface area contributed by atoms with E-state index in [2.05, 4.69) is 36.5 Å². The summed E-state index contributed by atoms with van der Waals surface area (Å²) in [5.74, 6) is 0.786. The van der Waals surface area contributed by atoms with E-state index >= 15 is 0 Å². The molecule has 0 aliphatic heterocycles. The predicted octanol–water partition coefficient (Wildman–Crippen LogP) is 2.11. The molecule has 0 amide bonds. The van der Waals surface area contributed by atoms with E-state index in [-0.39, 0.29) is 0 Å². The van der Waals surface area contributed by atoms with Crippen LogP contribution in [-0.4, -0.2) is 22.8 Å². The van der Waals surface area contributed by atoms with Crippen molar-refractivity contribution >= 4 is 10.8 Å². The minimum absolute atomic E-state index is 0.372. The topological polar surface area (TPSA) is 29.1 Å². The Hall–Kier alpha value is -0.670. The highest BCUT2D eigenvalue weighted by Gasteiger charge is 2.02. The van der Waals surface area contributed by atoms with Gasteiger partial charge in [-0.2, -0.15) is 0 Å². The standard InChI is InChI=1S/C12H19NOS/c1-11(12-7-4-3-5-8-12)13-9-6-10-15(2)14/h3-5,7-8,11,13H,6,9-10H2,1-2H3. The highest BCUT2D eigenvalue weighted by Crippen LogP contribution is 2.10. The van der Waals surface area contributed by atoms with Gasteiger partial charge in [0, 0.05) is 28.9 Å². The van der Waals surface area contributed by atoms with Crippen molar-refractivity contribution in [2.24, 2.45) is 0 Å². The molecule has 1 rings (SSSR count). The van der Waals surface area contributed by atoms with Crippen LogP contribution in [0.25, 0.3) is 0 Å². The van der Waals surface area contributed by atoms with Crippen LogP contribution in [-0.2, 0) is 10.8 Å². The summed E-state index contributed by atoms with van der Waals surface area (Å²) in [7, 11) is -0.665. The van der Waals surface area contributed by atoms with Crippen LogP contribution in [0.5, 0.6) is 0 Å². The molecule has 0 aromatic heterocycles. The maximum atomic E-state index is 10.8. The minimum atomic E-state index is -0.665. The summed E-state index contributed by atoms with van der Waals surface area (Å²) in [5.41, 5.74) is 1.30. The molecule has 2 atom stereocenters. The van der Waals surface area contributed by atoms with E-state index in [0.29, 0.717) is 6.04 Å². The first-order valence-corrected chi connectivity index (χ1v) is 7.01. The number of rotatable bonds is 6. The molecule has 1 aromatic carbocycles. The van der Waals surface area contributed by atoms with Gasteiger partial charge in [-0.25, -0.2) is 0 Å². The third kappa shape index (κ3) is 5.09. The lowest BCUT2D eigenvalue weighted by molar-refractivity contribution is 0.570. The summed E-state index contributed by atoms with van der Waals surface area (Å²) in [6, 6.07) is 10.7. The molecule has 2 unspecified atom stereocenters. The lowest BCUT2D eigenvalue weighted by Gasteiger charge is -2.13. The second-order valence-electron chi connectivity index (χ2n) is 3.72. The smallest absolute Gasteiger partial charge is 0.0291 e. The fourth-order valence-corrected chi connectivity index (χ4v) is 2.00. The third-order valence-electron chi connectivity index (χ3n) is 2.36. The van der Waals surface area contributed by atoms with Gasteiger partial charge in [-0.05, 0) is 25.5 Å². The Labute approximate surface area is 94.5 Å². The first kappa shape index (κ1) is 12.4. The summed E-state index contributed by atoms with van der Waals surface area (Å²) in [4.78, 5) is 0. The first-order chi connectivity index (χ1) is 7.20. The van der Waals surface area contributed by atoms with Gasteiger partial charge in [0.2, 0.25) is 0 Å². The summed E-state index contributed by atoms with van der Waals surface area (Å²) >= 11 is 0. The fraction of sp³-hybridized carbons (Fsp3) is 0.500.